The molecule has 0 aliphatic heterocycles. The molecule has 4 N–H and O–H groups in total. The zero-order chi connectivity index (χ0) is 14.1. The quantitative estimate of drug-likeness (QED) is 0.699. The van der Waals surface area contributed by atoms with Crippen LogP contribution >= 0.6 is 11.8 Å². The Hall–Kier alpha value is -1.69. The summed E-state index contributed by atoms with van der Waals surface area (Å²) in [5.41, 5.74) is 6.09. The molecule has 104 valence electrons. The van der Waals surface area contributed by atoms with Crippen molar-refractivity contribution in [2.45, 2.75) is 19.0 Å². The van der Waals surface area contributed by atoms with E-state index in [1.54, 1.807) is 11.8 Å². The number of rotatable bonds is 7. The monoisotopic (exact) mass is 281 g/mol. The fourth-order valence-electron chi connectivity index (χ4n) is 1.58. The highest BCUT2D eigenvalue weighted by molar-refractivity contribution is 7.98. The molecule has 0 aliphatic carbocycles. The first-order chi connectivity index (χ1) is 9.13. The van der Waals surface area contributed by atoms with E-state index in [4.69, 9.17) is 5.73 Å². The van der Waals surface area contributed by atoms with Crippen LogP contribution < -0.4 is 16.4 Å². The van der Waals surface area contributed by atoms with Gasteiger partial charge in [-0.2, -0.15) is 11.8 Å². The van der Waals surface area contributed by atoms with Crippen LogP contribution in [0.25, 0.3) is 0 Å². The second-order valence-electron chi connectivity index (χ2n) is 4.05. The Labute approximate surface area is 117 Å². The van der Waals surface area contributed by atoms with Crippen LogP contribution in [-0.2, 0) is 11.3 Å². The first-order valence-electron chi connectivity index (χ1n) is 6.00. The summed E-state index contributed by atoms with van der Waals surface area (Å²) in [6.07, 6.45) is 2.51. The van der Waals surface area contributed by atoms with Crippen LogP contribution in [0.2, 0.25) is 0 Å². The van der Waals surface area contributed by atoms with Gasteiger partial charge in [0.05, 0.1) is 0 Å². The molecule has 1 aromatic rings. The normalized spacial score (nSPS) is 11.6. The summed E-state index contributed by atoms with van der Waals surface area (Å²) in [4.78, 5) is 22.8. The maximum atomic E-state index is 12.0. The molecule has 1 rings (SSSR count). The van der Waals surface area contributed by atoms with Crippen LogP contribution in [0.3, 0.4) is 0 Å². The van der Waals surface area contributed by atoms with Gasteiger partial charge in [0.1, 0.15) is 6.04 Å². The van der Waals surface area contributed by atoms with Crippen LogP contribution in [0.5, 0.6) is 0 Å². The summed E-state index contributed by atoms with van der Waals surface area (Å²) in [6.45, 7) is 0.440. The maximum Gasteiger partial charge on any atom is 0.312 e. The number of nitrogens with one attached hydrogen (secondary N) is 2. The standard InChI is InChI=1S/C13H19N3O2S/c1-19-8-7-11(16-13(14)18)12(17)15-9-10-5-3-2-4-6-10/h2-6,11H,7-9H2,1H3,(H,15,17)(H3,14,16,18)/t11-/m0/s1. The third kappa shape index (κ3) is 6.15. The number of hydrogen-bond donors (Lipinski definition) is 3. The predicted octanol–water partition coefficient (Wildman–Crippen LogP) is 1.09. The second kappa shape index (κ2) is 8.42. The number of urea groups is 1. The molecule has 6 heteroatoms. The minimum Gasteiger partial charge on any atom is -0.352 e. The maximum absolute atomic E-state index is 12.0. The highest BCUT2D eigenvalue weighted by atomic mass is 32.2. The lowest BCUT2D eigenvalue weighted by atomic mass is 10.2. The van der Waals surface area contributed by atoms with Crippen LogP contribution in [-0.4, -0.2) is 30.0 Å². The number of carbonyl (C=O) groups excluding carboxylic acids is 2. The molecular formula is C13H19N3O2S. The van der Waals surface area contributed by atoms with Crippen molar-refractivity contribution in [3.63, 3.8) is 0 Å². The Morgan fingerprint density at radius 1 is 1.32 bits per heavy atom. The summed E-state index contributed by atoms with van der Waals surface area (Å²) >= 11 is 1.62. The van der Waals surface area contributed by atoms with Gasteiger partial charge in [-0.15, -0.1) is 0 Å². The molecule has 0 aromatic heterocycles. The van der Waals surface area contributed by atoms with Gasteiger partial charge in [-0.25, -0.2) is 4.79 Å². The summed E-state index contributed by atoms with van der Waals surface area (Å²) < 4.78 is 0. The molecule has 0 radical (unpaired) electrons. The van der Waals surface area contributed by atoms with Crippen LogP contribution in [0.1, 0.15) is 12.0 Å². The van der Waals surface area contributed by atoms with Crippen molar-refractivity contribution in [1.29, 1.82) is 0 Å². The summed E-state index contributed by atoms with van der Waals surface area (Å²) in [7, 11) is 0. The number of amides is 3. The van der Waals surface area contributed by atoms with Gasteiger partial charge >= 0.3 is 6.03 Å². The molecule has 0 unspecified atom stereocenters. The molecule has 19 heavy (non-hydrogen) atoms. The number of thioether (sulfide) groups is 1. The average Bonchev–Trinajstić information content (AvgIpc) is 2.41. The van der Waals surface area contributed by atoms with Gasteiger partial charge in [-0.05, 0) is 24.0 Å². The van der Waals surface area contributed by atoms with Crippen molar-refractivity contribution in [3.8, 4) is 0 Å². The topological polar surface area (TPSA) is 84.2 Å². The summed E-state index contributed by atoms with van der Waals surface area (Å²) in [5, 5.41) is 5.26. The van der Waals surface area contributed by atoms with E-state index in [0.29, 0.717) is 13.0 Å². The van der Waals surface area contributed by atoms with Gasteiger partial charge < -0.3 is 16.4 Å². The van der Waals surface area contributed by atoms with Gasteiger partial charge in [-0.3, -0.25) is 4.79 Å². The van der Waals surface area contributed by atoms with E-state index in [1.165, 1.54) is 0 Å². The molecule has 0 spiro atoms. The van der Waals surface area contributed by atoms with E-state index < -0.39 is 12.1 Å². The number of carbonyl (C=O) groups is 2. The average molecular weight is 281 g/mol. The van der Waals surface area contributed by atoms with Crippen molar-refractivity contribution in [2.75, 3.05) is 12.0 Å². The fraction of sp³-hybridized carbons (Fsp3) is 0.385. The molecule has 0 saturated carbocycles. The Morgan fingerprint density at radius 3 is 2.58 bits per heavy atom. The summed E-state index contributed by atoms with van der Waals surface area (Å²) in [6, 6.07) is 8.34. The van der Waals surface area contributed by atoms with Crippen molar-refractivity contribution in [3.05, 3.63) is 35.9 Å². The molecule has 0 aliphatic rings. The molecule has 1 atom stereocenters. The summed E-state index contributed by atoms with van der Waals surface area (Å²) in [5.74, 6) is 0.570. The Balaban J connectivity index is 2.48. The van der Waals surface area contributed by atoms with Crippen molar-refractivity contribution in [2.24, 2.45) is 5.73 Å². The van der Waals surface area contributed by atoms with Gasteiger partial charge in [-0.1, -0.05) is 30.3 Å². The van der Waals surface area contributed by atoms with Gasteiger partial charge in [0.25, 0.3) is 0 Å². The third-order valence-corrected chi connectivity index (χ3v) is 3.20. The SMILES string of the molecule is CSCC[C@H](NC(N)=O)C(=O)NCc1ccccc1. The van der Waals surface area contributed by atoms with E-state index in [1.807, 2.05) is 36.6 Å². The predicted molar refractivity (Wildman–Crippen MR) is 77.8 cm³/mol. The smallest absolute Gasteiger partial charge is 0.312 e. The van der Waals surface area contributed by atoms with Crippen LogP contribution in [0.15, 0.2) is 30.3 Å². The second-order valence-corrected chi connectivity index (χ2v) is 5.03. The first kappa shape index (κ1) is 15.4. The number of benzene rings is 1. The minimum absolute atomic E-state index is 0.211. The Kier molecular flexibility index (Phi) is 6.81. The van der Waals surface area contributed by atoms with E-state index in [2.05, 4.69) is 10.6 Å². The molecule has 5 nitrogen and oxygen atoms in total. The zero-order valence-electron chi connectivity index (χ0n) is 10.9. The number of hydrogen-bond acceptors (Lipinski definition) is 3. The molecule has 0 fully saturated rings. The third-order valence-electron chi connectivity index (χ3n) is 2.55. The highest BCUT2D eigenvalue weighted by Crippen LogP contribution is 2.02. The molecule has 1 aromatic carbocycles. The molecule has 0 bridgehead atoms. The van der Waals surface area contributed by atoms with Crippen LogP contribution in [0.4, 0.5) is 4.79 Å². The van der Waals surface area contributed by atoms with E-state index in [0.717, 1.165) is 11.3 Å². The number of primary amides is 1. The zero-order valence-corrected chi connectivity index (χ0v) is 11.7. The van der Waals surface area contributed by atoms with E-state index in [-0.39, 0.29) is 5.91 Å². The lowest BCUT2D eigenvalue weighted by Gasteiger charge is -2.16. The minimum atomic E-state index is -0.680. The van der Waals surface area contributed by atoms with Gasteiger partial charge in [0, 0.05) is 6.54 Å². The molecule has 3 amide bonds. The van der Waals surface area contributed by atoms with Gasteiger partial charge in [0.15, 0.2) is 0 Å². The van der Waals surface area contributed by atoms with Gasteiger partial charge in [0.2, 0.25) is 5.91 Å². The van der Waals surface area contributed by atoms with Crippen LogP contribution in [0, 0.1) is 0 Å². The van der Waals surface area contributed by atoms with Crippen molar-refractivity contribution >= 4 is 23.7 Å². The number of nitrogens with two attached hydrogens (primary N) is 1. The Bertz CT molecular complexity index is 412. The van der Waals surface area contributed by atoms with E-state index in [9.17, 15) is 9.59 Å². The fourth-order valence-corrected chi connectivity index (χ4v) is 2.06. The first-order valence-corrected chi connectivity index (χ1v) is 7.39. The van der Waals surface area contributed by atoms with Crippen molar-refractivity contribution in [1.82, 2.24) is 10.6 Å². The highest BCUT2D eigenvalue weighted by Gasteiger charge is 2.18. The lowest BCUT2D eigenvalue weighted by molar-refractivity contribution is -0.123. The lowest BCUT2D eigenvalue weighted by Crippen LogP contribution is -2.48. The van der Waals surface area contributed by atoms with Crippen molar-refractivity contribution < 1.29 is 9.59 Å². The Morgan fingerprint density at radius 2 is 2.00 bits per heavy atom. The molecular weight excluding hydrogens is 262 g/mol. The molecule has 0 saturated heterocycles. The van der Waals surface area contributed by atoms with E-state index >= 15 is 0 Å². The molecule has 0 heterocycles. The largest absolute Gasteiger partial charge is 0.352 e.